The van der Waals surface area contributed by atoms with Gasteiger partial charge in [0.25, 0.3) is 21.9 Å². The van der Waals surface area contributed by atoms with E-state index in [1.807, 2.05) is 36.4 Å². The van der Waals surface area contributed by atoms with Crippen molar-refractivity contribution in [2.45, 2.75) is 18.4 Å². The number of nitrogens with one attached hydrogen (secondary N) is 1. The van der Waals surface area contributed by atoms with E-state index in [4.69, 9.17) is 11.6 Å². The van der Waals surface area contributed by atoms with Gasteiger partial charge in [-0.15, -0.1) is 0 Å². The van der Waals surface area contributed by atoms with Crippen molar-refractivity contribution in [3.8, 4) is 11.1 Å². The number of rotatable bonds is 10. The molecule has 1 amide bonds. The van der Waals surface area contributed by atoms with Crippen LogP contribution in [-0.2, 0) is 16.6 Å². The number of benzene rings is 5. The lowest BCUT2D eigenvalue weighted by atomic mass is 9.99. The van der Waals surface area contributed by atoms with Crippen LogP contribution >= 0.6 is 11.6 Å². The number of hydrogen-bond acceptors (Lipinski definition) is 6. The number of carbonyl (C=O) groups excluding carboxylic acids is 1. The van der Waals surface area contributed by atoms with E-state index in [0.29, 0.717) is 5.02 Å². The molecule has 50 heavy (non-hydrogen) atoms. The summed E-state index contributed by atoms with van der Waals surface area (Å²) in [5.41, 5.74) is 4.66. The van der Waals surface area contributed by atoms with Gasteiger partial charge in [-0.3, -0.25) is 9.69 Å². The van der Waals surface area contributed by atoms with Crippen molar-refractivity contribution in [3.63, 3.8) is 0 Å². The van der Waals surface area contributed by atoms with Crippen LogP contribution in [0.3, 0.4) is 0 Å². The highest BCUT2D eigenvalue weighted by atomic mass is 35.5. The van der Waals surface area contributed by atoms with E-state index in [-0.39, 0.29) is 33.5 Å². The van der Waals surface area contributed by atoms with Crippen LogP contribution in [0.15, 0.2) is 126 Å². The summed E-state index contributed by atoms with van der Waals surface area (Å²) in [6.07, 6.45) is -2.49. The zero-order chi connectivity index (χ0) is 35.4. The molecule has 0 radical (unpaired) electrons. The average Bonchev–Trinajstić information content (AvgIpc) is 3.12. The highest BCUT2D eigenvalue weighted by Crippen LogP contribution is 2.34. The fraction of sp³-hybridized carbons (Fsp3) is 0.184. The third kappa shape index (κ3) is 7.50. The molecular formula is C38H34ClF3N4O3S. The number of amides is 1. The number of sulfonamides is 1. The Labute approximate surface area is 294 Å². The van der Waals surface area contributed by atoms with Gasteiger partial charge in [-0.25, -0.2) is 13.1 Å². The lowest BCUT2D eigenvalue weighted by molar-refractivity contribution is 0.0981. The quantitative estimate of drug-likeness (QED) is 0.146. The van der Waals surface area contributed by atoms with Crippen LogP contribution in [0.4, 0.5) is 24.5 Å². The van der Waals surface area contributed by atoms with Gasteiger partial charge >= 0.3 is 6.08 Å². The maximum atomic E-state index is 14.3. The van der Waals surface area contributed by atoms with E-state index in [1.165, 1.54) is 54.4 Å². The summed E-state index contributed by atoms with van der Waals surface area (Å²) < 4.78 is 69.6. The molecule has 0 saturated carbocycles. The van der Waals surface area contributed by atoms with Crippen molar-refractivity contribution in [1.82, 2.24) is 9.62 Å². The third-order valence-corrected chi connectivity index (χ3v) is 10.5. The monoisotopic (exact) mass is 718 g/mol. The smallest absolute Gasteiger partial charge is 0.323 e. The van der Waals surface area contributed by atoms with Gasteiger partial charge in [0, 0.05) is 66.3 Å². The van der Waals surface area contributed by atoms with E-state index in [9.17, 15) is 26.4 Å². The van der Waals surface area contributed by atoms with Crippen LogP contribution in [0, 0.1) is 0 Å². The Kier molecular flexibility index (Phi) is 10.5. The average molecular weight is 719 g/mol. The molecule has 12 heteroatoms. The normalized spacial score (nSPS) is 13.7. The Morgan fingerprint density at radius 3 is 2.14 bits per heavy atom. The summed E-state index contributed by atoms with van der Waals surface area (Å²) in [7, 11) is -4.40. The molecule has 5 aromatic rings. The van der Waals surface area contributed by atoms with Crippen molar-refractivity contribution in [2.75, 3.05) is 42.5 Å². The summed E-state index contributed by atoms with van der Waals surface area (Å²) in [6.45, 7) is 5.41. The Hall–Kier alpha value is -4.84. The van der Waals surface area contributed by atoms with E-state index in [2.05, 4.69) is 26.7 Å². The number of carbonyl (C=O) groups is 1. The highest BCUT2D eigenvalue weighted by Gasteiger charge is 2.25. The summed E-state index contributed by atoms with van der Waals surface area (Å²) in [6, 6.07) is 31.5. The molecule has 0 unspecified atom stereocenters. The van der Waals surface area contributed by atoms with Crippen molar-refractivity contribution >= 4 is 49.7 Å². The molecule has 0 aliphatic carbocycles. The lowest BCUT2D eigenvalue weighted by Gasteiger charge is -2.36. The predicted octanol–water partition coefficient (Wildman–Crippen LogP) is 8.46. The van der Waals surface area contributed by atoms with Crippen LogP contribution in [-0.4, -0.2) is 51.9 Å². The molecule has 0 aromatic heterocycles. The topological polar surface area (TPSA) is 73.0 Å². The molecule has 6 rings (SSSR count). The zero-order valence-corrected chi connectivity index (χ0v) is 28.7. The van der Waals surface area contributed by atoms with Crippen LogP contribution in [0.5, 0.6) is 0 Å². The lowest BCUT2D eigenvalue weighted by Crippen LogP contribution is -2.46. The molecule has 0 bridgehead atoms. The van der Waals surface area contributed by atoms with Gasteiger partial charge in [0.2, 0.25) is 0 Å². The summed E-state index contributed by atoms with van der Waals surface area (Å²) in [5, 5.41) is 1.08. The number of fused-ring (bicyclic) bond motifs is 1. The minimum absolute atomic E-state index is 0.0675. The second kappa shape index (κ2) is 15.0. The second-order valence-corrected chi connectivity index (χ2v) is 13.9. The first-order valence-corrected chi connectivity index (χ1v) is 17.9. The van der Waals surface area contributed by atoms with E-state index in [1.54, 1.807) is 24.3 Å². The van der Waals surface area contributed by atoms with Crippen LogP contribution in [0.25, 0.3) is 21.9 Å². The number of anilines is 2. The van der Waals surface area contributed by atoms with Gasteiger partial charge in [-0.2, -0.15) is 13.2 Å². The van der Waals surface area contributed by atoms with Crippen molar-refractivity contribution in [1.29, 1.82) is 0 Å². The van der Waals surface area contributed by atoms with Crippen molar-refractivity contribution in [3.05, 3.63) is 137 Å². The van der Waals surface area contributed by atoms with Crippen LogP contribution in [0.1, 0.15) is 22.8 Å². The molecular weight excluding hydrogens is 685 g/mol. The van der Waals surface area contributed by atoms with Gasteiger partial charge in [0.1, 0.15) is 0 Å². The van der Waals surface area contributed by atoms with Crippen LogP contribution < -0.4 is 14.5 Å². The molecule has 1 saturated heterocycles. The predicted molar refractivity (Wildman–Crippen MR) is 193 cm³/mol. The van der Waals surface area contributed by atoms with Crippen LogP contribution in [0.2, 0.25) is 5.02 Å². The minimum atomic E-state index is -4.40. The molecule has 0 atom stereocenters. The number of hydrogen-bond donors (Lipinski definition) is 1. The molecule has 1 N–H and O–H groups in total. The minimum Gasteiger partial charge on any atom is -0.369 e. The first-order valence-electron chi connectivity index (χ1n) is 16.0. The summed E-state index contributed by atoms with van der Waals surface area (Å²) in [4.78, 5) is 18.3. The Morgan fingerprint density at radius 2 is 1.46 bits per heavy atom. The standard InChI is InChI=1S/C38H34ClF3N4O3S/c1-2-46(37(42)36(40)41)34-11-5-10-33-32(34)9-6-12-35(33)50(48,49)43-38(47)27-15-19-30(20-16-27)45-23-21-44(22-24-45)25-28-7-3-4-8-31(28)26-13-17-29(39)18-14-26/h3-20H,2,21-25H2,1H3,(H,43,47). The number of piperazine rings is 1. The van der Waals surface area contributed by atoms with E-state index >= 15 is 0 Å². The van der Waals surface area contributed by atoms with Crippen molar-refractivity contribution in [2.24, 2.45) is 0 Å². The van der Waals surface area contributed by atoms with Crippen molar-refractivity contribution < 1.29 is 26.4 Å². The fourth-order valence-electron chi connectivity index (χ4n) is 6.29. The van der Waals surface area contributed by atoms with Gasteiger partial charge in [0.15, 0.2) is 0 Å². The SMILES string of the molecule is CCN(C(F)=C(F)F)c1cccc2c(S(=O)(=O)NC(=O)c3ccc(N4CCN(Cc5ccccc5-c5ccc(Cl)cc5)CC4)cc3)cccc12. The molecule has 7 nitrogen and oxygen atoms in total. The van der Waals surface area contributed by atoms with Gasteiger partial charge < -0.3 is 9.80 Å². The summed E-state index contributed by atoms with van der Waals surface area (Å²) >= 11 is 6.09. The zero-order valence-electron chi connectivity index (χ0n) is 27.1. The Balaban J connectivity index is 1.11. The van der Waals surface area contributed by atoms with Gasteiger partial charge in [-0.1, -0.05) is 72.3 Å². The fourth-order valence-corrected chi connectivity index (χ4v) is 7.61. The maximum Gasteiger partial charge on any atom is 0.323 e. The molecule has 1 aliphatic rings. The highest BCUT2D eigenvalue weighted by molar-refractivity contribution is 7.90. The third-order valence-electron chi connectivity index (χ3n) is 8.81. The number of halogens is 4. The largest absolute Gasteiger partial charge is 0.369 e. The molecule has 5 aromatic carbocycles. The van der Waals surface area contributed by atoms with Gasteiger partial charge in [-0.05, 0) is 72.1 Å². The molecule has 1 aliphatic heterocycles. The van der Waals surface area contributed by atoms with Gasteiger partial charge in [0.05, 0.1) is 10.6 Å². The molecule has 1 fully saturated rings. The number of nitrogens with zero attached hydrogens (tertiary/aromatic N) is 3. The van der Waals surface area contributed by atoms with E-state index < -0.39 is 28.0 Å². The maximum absolute atomic E-state index is 14.3. The van der Waals surface area contributed by atoms with E-state index in [0.717, 1.165) is 48.9 Å². The molecule has 258 valence electrons. The Morgan fingerprint density at radius 1 is 0.800 bits per heavy atom. The summed E-state index contributed by atoms with van der Waals surface area (Å²) in [5.74, 6) is -2.54. The second-order valence-electron chi connectivity index (χ2n) is 11.8. The molecule has 1 heterocycles. The Bertz CT molecular complexity index is 2150. The first-order chi connectivity index (χ1) is 24.1. The first kappa shape index (κ1) is 35.0. The molecule has 0 spiro atoms.